The molecule has 1 aromatic rings. The van der Waals surface area contributed by atoms with E-state index in [1.54, 1.807) is 44.4 Å². The highest BCUT2D eigenvalue weighted by Gasteiger charge is 2.49. The molecule has 2 heterocycles. The van der Waals surface area contributed by atoms with Crippen molar-refractivity contribution in [1.82, 2.24) is 9.80 Å². The largest absolute Gasteiger partial charge is 0.497 e. The number of benzene rings is 1. The molecule has 0 radical (unpaired) electrons. The second-order valence-electron chi connectivity index (χ2n) is 6.11. The number of nitrogens with one attached hydrogen (secondary N) is 1. The van der Waals surface area contributed by atoms with Gasteiger partial charge < -0.3 is 29.3 Å². The maximum absolute atomic E-state index is 12.5. The number of urea groups is 1. The van der Waals surface area contributed by atoms with E-state index in [2.05, 4.69) is 5.32 Å². The van der Waals surface area contributed by atoms with Gasteiger partial charge in [0.15, 0.2) is 5.60 Å². The highest BCUT2D eigenvalue weighted by molar-refractivity contribution is 5.90. The van der Waals surface area contributed by atoms with E-state index in [9.17, 15) is 9.59 Å². The number of anilines is 1. The third-order valence-electron chi connectivity index (χ3n) is 4.35. The lowest BCUT2D eigenvalue weighted by molar-refractivity contribution is 0.0663. The molecule has 2 saturated heterocycles. The lowest BCUT2D eigenvalue weighted by Gasteiger charge is -2.22. The van der Waals surface area contributed by atoms with Crippen LogP contribution in [0.1, 0.15) is 6.42 Å². The maximum Gasteiger partial charge on any atom is 0.410 e. The van der Waals surface area contributed by atoms with Crippen molar-refractivity contribution in [2.45, 2.75) is 12.0 Å². The normalized spacial score (nSPS) is 22.7. The zero-order valence-corrected chi connectivity index (χ0v) is 14.0. The number of methoxy groups -OCH3 is 2. The van der Waals surface area contributed by atoms with Crippen LogP contribution in [0, 0.1) is 0 Å². The van der Waals surface area contributed by atoms with Gasteiger partial charge in [0.1, 0.15) is 11.5 Å². The molecule has 1 spiro atoms. The fourth-order valence-corrected chi connectivity index (χ4v) is 3.10. The molecule has 1 N–H and O–H groups in total. The van der Waals surface area contributed by atoms with Crippen LogP contribution in [0.2, 0.25) is 0 Å². The molecule has 2 fully saturated rings. The molecule has 0 saturated carbocycles. The van der Waals surface area contributed by atoms with Crippen LogP contribution in [0.5, 0.6) is 11.5 Å². The van der Waals surface area contributed by atoms with Gasteiger partial charge in [0.2, 0.25) is 0 Å². The predicted molar refractivity (Wildman–Crippen MR) is 86.6 cm³/mol. The topological polar surface area (TPSA) is 80.3 Å². The monoisotopic (exact) mass is 335 g/mol. The molecule has 3 rings (SSSR count). The summed E-state index contributed by atoms with van der Waals surface area (Å²) in [6.07, 6.45) is 0.299. The number of carbonyl (C=O) groups is 2. The van der Waals surface area contributed by atoms with Crippen LogP contribution in [0.25, 0.3) is 0 Å². The first kappa shape index (κ1) is 16.2. The molecule has 0 aliphatic carbocycles. The molecular weight excluding hydrogens is 314 g/mol. The quantitative estimate of drug-likeness (QED) is 0.910. The van der Waals surface area contributed by atoms with Gasteiger partial charge in [-0.25, -0.2) is 9.59 Å². The van der Waals surface area contributed by atoms with Crippen molar-refractivity contribution in [3.63, 3.8) is 0 Å². The van der Waals surface area contributed by atoms with Crippen molar-refractivity contribution in [3.8, 4) is 11.5 Å². The third kappa shape index (κ3) is 3.04. The Kier molecular flexibility index (Phi) is 4.13. The van der Waals surface area contributed by atoms with Gasteiger partial charge in [-0.1, -0.05) is 0 Å². The van der Waals surface area contributed by atoms with Crippen LogP contribution in [0.4, 0.5) is 15.3 Å². The average molecular weight is 335 g/mol. The Balaban J connectivity index is 1.67. The van der Waals surface area contributed by atoms with Crippen LogP contribution in [0.3, 0.4) is 0 Å². The number of carbonyl (C=O) groups excluding carboxylic acids is 2. The maximum atomic E-state index is 12.5. The van der Waals surface area contributed by atoms with Crippen molar-refractivity contribution in [2.24, 2.45) is 0 Å². The zero-order chi connectivity index (χ0) is 17.3. The van der Waals surface area contributed by atoms with Crippen LogP contribution in [0.15, 0.2) is 18.2 Å². The van der Waals surface area contributed by atoms with E-state index in [4.69, 9.17) is 14.2 Å². The second-order valence-corrected chi connectivity index (χ2v) is 6.11. The molecule has 1 aromatic carbocycles. The summed E-state index contributed by atoms with van der Waals surface area (Å²) in [5.41, 5.74) is -0.00686. The molecule has 0 aromatic heterocycles. The van der Waals surface area contributed by atoms with Crippen LogP contribution >= 0.6 is 0 Å². The molecule has 2 aliphatic rings. The molecule has 8 heteroatoms. The first-order chi connectivity index (χ1) is 11.4. The number of likely N-dealkylation sites (tertiary alicyclic amines) is 1. The molecule has 1 atom stereocenters. The Bertz CT molecular complexity index is 643. The van der Waals surface area contributed by atoms with Gasteiger partial charge >= 0.3 is 12.1 Å². The third-order valence-corrected chi connectivity index (χ3v) is 4.35. The fourth-order valence-electron chi connectivity index (χ4n) is 3.10. The summed E-state index contributed by atoms with van der Waals surface area (Å²) in [5, 5.41) is 2.83. The molecule has 1 unspecified atom stereocenters. The highest BCUT2D eigenvalue weighted by Crippen LogP contribution is 2.32. The molecule has 2 aliphatic heterocycles. The molecule has 24 heavy (non-hydrogen) atoms. The van der Waals surface area contributed by atoms with E-state index in [0.29, 0.717) is 43.2 Å². The van der Waals surface area contributed by atoms with E-state index < -0.39 is 5.60 Å². The van der Waals surface area contributed by atoms with Crippen molar-refractivity contribution >= 4 is 17.8 Å². The Labute approximate surface area is 140 Å². The number of rotatable bonds is 3. The zero-order valence-electron chi connectivity index (χ0n) is 14.0. The van der Waals surface area contributed by atoms with E-state index >= 15 is 0 Å². The van der Waals surface area contributed by atoms with Gasteiger partial charge in [0.25, 0.3) is 0 Å². The molecule has 0 bridgehead atoms. The summed E-state index contributed by atoms with van der Waals surface area (Å²) in [7, 11) is 4.80. The summed E-state index contributed by atoms with van der Waals surface area (Å²) in [5.74, 6) is 1.18. The fraction of sp³-hybridized carbons (Fsp3) is 0.500. The number of hydrogen-bond acceptors (Lipinski definition) is 5. The summed E-state index contributed by atoms with van der Waals surface area (Å²) in [4.78, 5) is 27.3. The van der Waals surface area contributed by atoms with E-state index in [-0.39, 0.29) is 12.1 Å². The molecule has 3 amide bonds. The SMILES string of the molecule is COc1cc(NC(=O)N2CCC3(CN(C)C(=O)O3)C2)cc(OC)c1. The minimum Gasteiger partial charge on any atom is -0.497 e. The Morgan fingerprint density at radius 1 is 1.21 bits per heavy atom. The first-order valence-corrected chi connectivity index (χ1v) is 7.68. The van der Waals surface area contributed by atoms with E-state index in [1.165, 1.54) is 4.90 Å². The van der Waals surface area contributed by atoms with E-state index in [0.717, 1.165) is 0 Å². The minimum atomic E-state index is -0.588. The van der Waals surface area contributed by atoms with Gasteiger partial charge in [-0.15, -0.1) is 0 Å². The van der Waals surface area contributed by atoms with E-state index in [1.807, 2.05) is 0 Å². The van der Waals surface area contributed by atoms with Crippen LogP contribution in [-0.2, 0) is 4.74 Å². The Hall–Kier alpha value is -2.64. The Morgan fingerprint density at radius 2 is 1.88 bits per heavy atom. The van der Waals surface area contributed by atoms with Crippen molar-refractivity contribution in [3.05, 3.63) is 18.2 Å². The van der Waals surface area contributed by atoms with Crippen molar-refractivity contribution in [1.29, 1.82) is 0 Å². The van der Waals surface area contributed by atoms with Gasteiger partial charge in [-0.05, 0) is 0 Å². The number of likely N-dealkylation sites (N-methyl/N-ethyl adjacent to an activating group) is 1. The average Bonchev–Trinajstić information content (AvgIpc) is 3.10. The number of nitrogens with zero attached hydrogens (tertiary/aromatic N) is 2. The van der Waals surface area contributed by atoms with Crippen LogP contribution in [-0.4, -0.2) is 68.4 Å². The van der Waals surface area contributed by atoms with Crippen LogP contribution < -0.4 is 14.8 Å². The van der Waals surface area contributed by atoms with Gasteiger partial charge in [-0.2, -0.15) is 0 Å². The highest BCUT2D eigenvalue weighted by atomic mass is 16.6. The predicted octanol–water partition coefficient (Wildman–Crippen LogP) is 1.76. The lowest BCUT2D eigenvalue weighted by Crippen LogP contribution is -2.40. The first-order valence-electron chi connectivity index (χ1n) is 7.68. The van der Waals surface area contributed by atoms with Crippen molar-refractivity contribution in [2.75, 3.05) is 46.2 Å². The standard InChI is InChI=1S/C16H21N3O5/c1-18-9-16(24-15(18)21)4-5-19(10-16)14(20)17-11-6-12(22-2)8-13(7-11)23-3/h6-8H,4-5,9-10H2,1-3H3,(H,17,20). The molecule has 8 nitrogen and oxygen atoms in total. The summed E-state index contributed by atoms with van der Waals surface area (Å²) in [6.45, 7) is 1.42. The van der Waals surface area contributed by atoms with Gasteiger partial charge in [-0.3, -0.25) is 0 Å². The summed E-state index contributed by atoms with van der Waals surface area (Å²) < 4.78 is 15.8. The lowest BCUT2D eigenvalue weighted by atomic mass is 10.0. The minimum absolute atomic E-state index is 0.243. The second kappa shape index (κ2) is 6.10. The van der Waals surface area contributed by atoms with Gasteiger partial charge in [0, 0.05) is 43.9 Å². The smallest absolute Gasteiger partial charge is 0.410 e. The number of amides is 3. The summed E-state index contributed by atoms with van der Waals surface area (Å²) >= 11 is 0. The summed E-state index contributed by atoms with van der Waals surface area (Å²) in [6, 6.07) is 4.92. The number of ether oxygens (including phenoxy) is 3. The Morgan fingerprint density at radius 3 is 2.42 bits per heavy atom. The van der Waals surface area contributed by atoms with Crippen molar-refractivity contribution < 1.29 is 23.8 Å². The molecular formula is C16H21N3O5. The number of hydrogen-bond donors (Lipinski definition) is 1. The van der Waals surface area contributed by atoms with Gasteiger partial charge in [0.05, 0.1) is 27.3 Å². The molecule has 130 valence electrons.